The van der Waals surface area contributed by atoms with Crippen LogP contribution in [-0.4, -0.2) is 23.2 Å². The minimum absolute atomic E-state index is 0.0528. The van der Waals surface area contributed by atoms with Crippen molar-refractivity contribution in [3.8, 4) is 10.7 Å². The number of hydrogen-bond donors (Lipinski definition) is 1. The third-order valence-corrected chi connectivity index (χ3v) is 4.46. The number of thiophene rings is 1. The Balaban J connectivity index is 1.92. The van der Waals surface area contributed by atoms with E-state index >= 15 is 0 Å². The summed E-state index contributed by atoms with van der Waals surface area (Å²) in [5.74, 6) is 1.53. The van der Waals surface area contributed by atoms with Gasteiger partial charge in [-0.05, 0) is 30.8 Å². The Labute approximate surface area is 110 Å². The topological polar surface area (TPSA) is 51.0 Å². The lowest BCUT2D eigenvalue weighted by atomic mass is 9.82. The lowest BCUT2D eigenvalue weighted by Gasteiger charge is -2.22. The van der Waals surface area contributed by atoms with Crippen molar-refractivity contribution in [2.75, 3.05) is 13.1 Å². The zero-order valence-corrected chi connectivity index (χ0v) is 11.3. The van der Waals surface area contributed by atoms with E-state index < -0.39 is 0 Å². The Bertz CT molecular complexity index is 500. The van der Waals surface area contributed by atoms with Crippen molar-refractivity contribution in [2.24, 2.45) is 0 Å². The third-order valence-electron chi connectivity index (χ3n) is 3.59. The molecule has 1 fully saturated rings. The molecule has 5 heteroatoms. The van der Waals surface area contributed by atoms with E-state index in [0.717, 1.165) is 48.9 Å². The van der Waals surface area contributed by atoms with Crippen molar-refractivity contribution in [2.45, 2.75) is 31.6 Å². The Hall–Kier alpha value is -1.20. The lowest BCUT2D eigenvalue weighted by Crippen LogP contribution is -2.29. The van der Waals surface area contributed by atoms with Gasteiger partial charge >= 0.3 is 0 Å². The van der Waals surface area contributed by atoms with E-state index in [0.29, 0.717) is 0 Å². The predicted molar refractivity (Wildman–Crippen MR) is 71.7 cm³/mol. The van der Waals surface area contributed by atoms with Crippen LogP contribution in [0.5, 0.6) is 0 Å². The molecule has 18 heavy (non-hydrogen) atoms. The van der Waals surface area contributed by atoms with E-state index in [1.165, 1.54) is 0 Å². The minimum atomic E-state index is 0.0528. The van der Waals surface area contributed by atoms with Crippen molar-refractivity contribution >= 4 is 11.3 Å². The summed E-state index contributed by atoms with van der Waals surface area (Å²) in [7, 11) is 0. The molecular weight excluding hydrogens is 246 g/mol. The molecular formula is C13H17N3OS. The van der Waals surface area contributed by atoms with Crippen LogP contribution >= 0.6 is 11.3 Å². The summed E-state index contributed by atoms with van der Waals surface area (Å²) in [6.45, 7) is 4.19. The quantitative estimate of drug-likeness (QED) is 0.921. The Kier molecular flexibility index (Phi) is 3.18. The van der Waals surface area contributed by atoms with Crippen molar-refractivity contribution in [1.29, 1.82) is 0 Å². The average molecular weight is 263 g/mol. The highest BCUT2D eigenvalue weighted by atomic mass is 32.1. The second kappa shape index (κ2) is 4.82. The van der Waals surface area contributed by atoms with Gasteiger partial charge in [-0.1, -0.05) is 24.6 Å². The van der Waals surface area contributed by atoms with Gasteiger partial charge in [0.25, 0.3) is 0 Å². The van der Waals surface area contributed by atoms with E-state index in [1.807, 2.05) is 17.5 Å². The van der Waals surface area contributed by atoms with Crippen LogP contribution in [0.1, 0.15) is 32.1 Å². The molecule has 1 aliphatic rings. The zero-order valence-electron chi connectivity index (χ0n) is 10.5. The van der Waals surface area contributed by atoms with Crippen molar-refractivity contribution in [3.05, 3.63) is 23.4 Å². The Morgan fingerprint density at radius 2 is 2.50 bits per heavy atom. The van der Waals surface area contributed by atoms with Crippen LogP contribution in [0.25, 0.3) is 10.7 Å². The number of aromatic nitrogens is 2. The van der Waals surface area contributed by atoms with Gasteiger partial charge in [0.05, 0.1) is 10.3 Å². The normalized spacial score (nSPS) is 23.6. The number of rotatable bonds is 4. The van der Waals surface area contributed by atoms with Gasteiger partial charge < -0.3 is 9.84 Å². The predicted octanol–water partition coefficient (Wildman–Crippen LogP) is 2.83. The fraction of sp³-hybridized carbons (Fsp3) is 0.538. The molecule has 2 aromatic heterocycles. The standard InChI is InChI=1S/C13H17N3OS/c1-2-5-13(6-7-14-9-13)12-15-11(16-17-12)10-4-3-8-18-10/h3-4,8,14H,2,5-7,9H2,1H3. The summed E-state index contributed by atoms with van der Waals surface area (Å²) in [6.07, 6.45) is 3.33. The first-order valence-electron chi connectivity index (χ1n) is 6.43. The van der Waals surface area contributed by atoms with Gasteiger partial charge in [0, 0.05) is 6.54 Å². The zero-order chi connectivity index (χ0) is 12.4. The second-order valence-corrected chi connectivity index (χ2v) is 5.81. The van der Waals surface area contributed by atoms with Crippen molar-refractivity contribution in [1.82, 2.24) is 15.5 Å². The van der Waals surface area contributed by atoms with E-state index in [9.17, 15) is 0 Å². The van der Waals surface area contributed by atoms with Crippen molar-refractivity contribution in [3.63, 3.8) is 0 Å². The maximum Gasteiger partial charge on any atom is 0.234 e. The molecule has 3 heterocycles. The van der Waals surface area contributed by atoms with Crippen LogP contribution in [-0.2, 0) is 5.41 Å². The molecule has 1 saturated heterocycles. The minimum Gasteiger partial charge on any atom is -0.338 e. The summed E-state index contributed by atoms with van der Waals surface area (Å²) in [5, 5.41) is 9.57. The van der Waals surface area contributed by atoms with Crippen LogP contribution in [0, 0.1) is 0 Å². The lowest BCUT2D eigenvalue weighted by molar-refractivity contribution is 0.277. The highest BCUT2D eigenvalue weighted by Crippen LogP contribution is 2.35. The van der Waals surface area contributed by atoms with Gasteiger partial charge in [0.2, 0.25) is 11.7 Å². The molecule has 0 saturated carbocycles. The Morgan fingerprint density at radius 3 is 3.17 bits per heavy atom. The molecule has 1 N–H and O–H groups in total. The van der Waals surface area contributed by atoms with Gasteiger partial charge in [-0.25, -0.2) is 0 Å². The van der Waals surface area contributed by atoms with E-state index in [2.05, 4.69) is 22.4 Å². The third kappa shape index (κ3) is 1.97. The molecule has 2 aromatic rings. The average Bonchev–Trinajstić information content (AvgIpc) is 3.11. The van der Waals surface area contributed by atoms with E-state index in [4.69, 9.17) is 4.52 Å². The van der Waals surface area contributed by atoms with E-state index in [1.54, 1.807) is 11.3 Å². The molecule has 1 atom stereocenters. The molecule has 96 valence electrons. The summed E-state index contributed by atoms with van der Waals surface area (Å²) in [4.78, 5) is 5.69. The fourth-order valence-corrected chi connectivity index (χ4v) is 3.32. The molecule has 4 nitrogen and oxygen atoms in total. The van der Waals surface area contributed by atoms with Crippen molar-refractivity contribution < 1.29 is 4.52 Å². The monoisotopic (exact) mass is 263 g/mol. The highest BCUT2D eigenvalue weighted by molar-refractivity contribution is 7.13. The van der Waals surface area contributed by atoms with Gasteiger partial charge in [0.1, 0.15) is 0 Å². The van der Waals surface area contributed by atoms with Gasteiger partial charge in [0.15, 0.2) is 0 Å². The van der Waals surface area contributed by atoms with Gasteiger partial charge in [-0.3, -0.25) is 0 Å². The van der Waals surface area contributed by atoms with E-state index in [-0.39, 0.29) is 5.41 Å². The molecule has 0 aromatic carbocycles. The number of hydrogen-bond acceptors (Lipinski definition) is 5. The maximum absolute atomic E-state index is 5.53. The number of nitrogens with one attached hydrogen (secondary N) is 1. The molecule has 1 aliphatic heterocycles. The first kappa shape index (κ1) is 11.9. The fourth-order valence-electron chi connectivity index (χ4n) is 2.67. The molecule has 0 spiro atoms. The molecule has 0 bridgehead atoms. The first-order chi connectivity index (χ1) is 8.84. The molecule has 0 radical (unpaired) electrons. The van der Waals surface area contributed by atoms with Gasteiger partial charge in [-0.15, -0.1) is 11.3 Å². The summed E-state index contributed by atoms with van der Waals surface area (Å²) >= 11 is 1.64. The Morgan fingerprint density at radius 1 is 1.56 bits per heavy atom. The van der Waals surface area contributed by atoms with Crippen LogP contribution < -0.4 is 5.32 Å². The smallest absolute Gasteiger partial charge is 0.234 e. The van der Waals surface area contributed by atoms with Crippen LogP contribution in [0.2, 0.25) is 0 Å². The van der Waals surface area contributed by atoms with Crippen LogP contribution in [0.15, 0.2) is 22.0 Å². The molecule has 1 unspecified atom stereocenters. The largest absolute Gasteiger partial charge is 0.338 e. The second-order valence-electron chi connectivity index (χ2n) is 4.86. The molecule has 0 amide bonds. The summed E-state index contributed by atoms with van der Waals surface area (Å²) < 4.78 is 5.53. The van der Waals surface area contributed by atoms with Crippen LogP contribution in [0.4, 0.5) is 0 Å². The first-order valence-corrected chi connectivity index (χ1v) is 7.31. The molecule has 3 rings (SSSR count). The molecule has 0 aliphatic carbocycles. The van der Waals surface area contributed by atoms with Gasteiger partial charge in [-0.2, -0.15) is 4.98 Å². The van der Waals surface area contributed by atoms with Crippen LogP contribution in [0.3, 0.4) is 0 Å². The SMILES string of the molecule is CCCC1(c2nc(-c3cccs3)no2)CCNC1. The summed E-state index contributed by atoms with van der Waals surface area (Å²) in [6, 6.07) is 4.04. The summed E-state index contributed by atoms with van der Waals surface area (Å²) in [5.41, 5.74) is 0.0528. The maximum atomic E-state index is 5.53. The highest BCUT2D eigenvalue weighted by Gasteiger charge is 2.40. The number of nitrogens with zero attached hydrogens (tertiary/aromatic N) is 2.